The maximum absolute atomic E-state index is 2.50. The number of hydrogen-bond acceptors (Lipinski definition) is 1. The highest BCUT2D eigenvalue weighted by atomic mass is 15.2. The second kappa shape index (κ2) is 4.01. The summed E-state index contributed by atoms with van der Waals surface area (Å²) in [5, 5.41) is 0. The Kier molecular flexibility index (Phi) is 2.75. The highest BCUT2D eigenvalue weighted by molar-refractivity contribution is 5.49. The minimum atomic E-state index is 0.201. The van der Waals surface area contributed by atoms with Crippen LogP contribution < -0.4 is 0 Å². The first-order valence-corrected chi connectivity index (χ1v) is 7.76. The third kappa shape index (κ3) is 1.60. The van der Waals surface area contributed by atoms with Crippen molar-refractivity contribution >= 4 is 0 Å². The number of likely N-dealkylation sites (N-methyl/N-ethyl adjacent to an activating group) is 1. The summed E-state index contributed by atoms with van der Waals surface area (Å²) >= 11 is 0. The second-order valence-electron chi connectivity index (χ2n) is 7.29. The maximum atomic E-state index is 2.50. The van der Waals surface area contributed by atoms with Gasteiger partial charge in [-0.05, 0) is 42.7 Å². The van der Waals surface area contributed by atoms with Crippen LogP contribution in [0.25, 0.3) is 0 Å². The quantitative estimate of drug-likeness (QED) is 0.597. The molecular weight excluding hydrogens is 230 g/mol. The molecule has 2 atom stereocenters. The Morgan fingerprint density at radius 3 is 2.68 bits per heavy atom. The molecule has 2 unspecified atom stereocenters. The molecule has 3 rings (SSSR count). The summed E-state index contributed by atoms with van der Waals surface area (Å²) in [7, 11) is 2.23. The first-order valence-electron chi connectivity index (χ1n) is 7.76. The van der Waals surface area contributed by atoms with Crippen LogP contribution in [0.3, 0.4) is 0 Å². The summed E-state index contributed by atoms with van der Waals surface area (Å²) in [6, 6.07) is 0. The van der Waals surface area contributed by atoms with Crippen LogP contribution in [0.5, 0.6) is 0 Å². The van der Waals surface area contributed by atoms with Crippen molar-refractivity contribution in [2.45, 2.75) is 53.4 Å². The standard InChI is InChI=1S/C18H27N/c1-6-15-17(2,3)16-13-9-7-8-11-18(13,4)12-10-14(16)19(15)5/h6,10,12-13H,7-9,11H2,1-5H3/b15-6-. The fourth-order valence-electron chi connectivity index (χ4n) is 4.86. The van der Waals surface area contributed by atoms with E-state index in [-0.39, 0.29) is 5.41 Å². The lowest BCUT2D eigenvalue weighted by Gasteiger charge is -2.45. The lowest BCUT2D eigenvalue weighted by atomic mass is 9.58. The number of fused-ring (bicyclic) bond motifs is 2. The van der Waals surface area contributed by atoms with Crippen molar-refractivity contribution in [1.82, 2.24) is 4.90 Å². The van der Waals surface area contributed by atoms with Crippen molar-refractivity contribution in [2.75, 3.05) is 7.05 Å². The summed E-state index contributed by atoms with van der Waals surface area (Å²) in [4.78, 5) is 2.42. The van der Waals surface area contributed by atoms with E-state index < -0.39 is 0 Å². The van der Waals surface area contributed by atoms with Crippen molar-refractivity contribution in [1.29, 1.82) is 0 Å². The highest BCUT2D eigenvalue weighted by Crippen LogP contribution is 2.59. The van der Waals surface area contributed by atoms with Crippen molar-refractivity contribution in [2.24, 2.45) is 16.7 Å². The summed E-state index contributed by atoms with van der Waals surface area (Å²) < 4.78 is 0. The number of rotatable bonds is 0. The molecule has 104 valence electrons. The van der Waals surface area contributed by atoms with Crippen LogP contribution in [0.1, 0.15) is 53.4 Å². The largest absolute Gasteiger partial charge is 0.348 e. The van der Waals surface area contributed by atoms with Crippen molar-refractivity contribution in [3.8, 4) is 0 Å². The monoisotopic (exact) mass is 257 g/mol. The van der Waals surface area contributed by atoms with Gasteiger partial charge in [0.2, 0.25) is 0 Å². The summed E-state index contributed by atoms with van der Waals surface area (Å²) in [6.07, 6.45) is 12.7. The van der Waals surface area contributed by atoms with Crippen LogP contribution in [0, 0.1) is 16.7 Å². The van der Waals surface area contributed by atoms with Gasteiger partial charge in [0.25, 0.3) is 0 Å². The lowest BCUT2D eigenvalue weighted by molar-refractivity contribution is 0.182. The van der Waals surface area contributed by atoms with E-state index in [4.69, 9.17) is 0 Å². The van der Waals surface area contributed by atoms with Crippen LogP contribution in [-0.4, -0.2) is 11.9 Å². The maximum Gasteiger partial charge on any atom is 0.0407 e. The average Bonchev–Trinajstić information content (AvgIpc) is 2.55. The molecule has 0 bridgehead atoms. The van der Waals surface area contributed by atoms with E-state index in [0.29, 0.717) is 5.41 Å². The van der Waals surface area contributed by atoms with Crippen LogP contribution in [0.15, 0.2) is 35.2 Å². The third-order valence-electron chi connectivity index (χ3n) is 5.81. The van der Waals surface area contributed by atoms with Crippen LogP contribution in [0.2, 0.25) is 0 Å². The van der Waals surface area contributed by atoms with Gasteiger partial charge in [0, 0.05) is 23.9 Å². The molecule has 0 amide bonds. The van der Waals surface area contributed by atoms with Crippen molar-refractivity contribution < 1.29 is 0 Å². The van der Waals surface area contributed by atoms with E-state index in [0.717, 1.165) is 5.92 Å². The van der Waals surface area contributed by atoms with Gasteiger partial charge >= 0.3 is 0 Å². The van der Waals surface area contributed by atoms with Gasteiger partial charge in [-0.3, -0.25) is 0 Å². The first-order chi connectivity index (χ1) is 8.92. The normalized spacial score (nSPS) is 38.7. The van der Waals surface area contributed by atoms with E-state index in [1.165, 1.54) is 37.1 Å². The van der Waals surface area contributed by atoms with Gasteiger partial charge in [0.05, 0.1) is 0 Å². The van der Waals surface area contributed by atoms with E-state index in [9.17, 15) is 0 Å². The van der Waals surface area contributed by atoms with E-state index in [1.54, 1.807) is 5.57 Å². The molecule has 0 saturated heterocycles. The summed E-state index contributed by atoms with van der Waals surface area (Å²) in [5.41, 5.74) is 5.25. The van der Waals surface area contributed by atoms with Gasteiger partial charge in [-0.25, -0.2) is 0 Å². The van der Waals surface area contributed by atoms with Crippen molar-refractivity contribution in [3.63, 3.8) is 0 Å². The number of nitrogens with zero attached hydrogens (tertiary/aromatic N) is 1. The third-order valence-corrected chi connectivity index (χ3v) is 5.81. The SMILES string of the molecule is C/C=C1\N(C)C2=C(C3CCCCC3(C)C=C2)C1(C)C. The lowest BCUT2D eigenvalue weighted by Crippen LogP contribution is -2.36. The zero-order valence-corrected chi connectivity index (χ0v) is 13.1. The van der Waals surface area contributed by atoms with Gasteiger partial charge in [0.15, 0.2) is 0 Å². The predicted molar refractivity (Wildman–Crippen MR) is 81.5 cm³/mol. The van der Waals surface area contributed by atoms with Gasteiger partial charge in [-0.15, -0.1) is 0 Å². The second-order valence-corrected chi connectivity index (χ2v) is 7.29. The van der Waals surface area contributed by atoms with Gasteiger partial charge in [0.1, 0.15) is 0 Å². The molecule has 0 radical (unpaired) electrons. The van der Waals surface area contributed by atoms with Crippen LogP contribution >= 0.6 is 0 Å². The zero-order chi connectivity index (χ0) is 13.8. The summed E-state index contributed by atoms with van der Waals surface area (Å²) in [5.74, 6) is 0.746. The minimum Gasteiger partial charge on any atom is -0.348 e. The molecule has 1 heteroatoms. The molecule has 3 aliphatic rings. The van der Waals surface area contributed by atoms with E-state index in [1.807, 2.05) is 0 Å². The molecule has 0 aromatic carbocycles. The minimum absolute atomic E-state index is 0.201. The molecule has 0 N–H and O–H groups in total. The average molecular weight is 257 g/mol. The van der Waals surface area contributed by atoms with Gasteiger partial charge in [-0.1, -0.05) is 45.8 Å². The first kappa shape index (κ1) is 13.0. The summed E-state index contributed by atoms with van der Waals surface area (Å²) in [6.45, 7) is 9.47. The molecule has 1 heterocycles. The zero-order valence-electron chi connectivity index (χ0n) is 13.1. The molecular formula is C18H27N. The molecule has 0 spiro atoms. The molecule has 2 aliphatic carbocycles. The van der Waals surface area contributed by atoms with E-state index in [2.05, 4.69) is 57.9 Å². The van der Waals surface area contributed by atoms with Crippen molar-refractivity contribution in [3.05, 3.63) is 35.2 Å². The number of hydrogen-bond donors (Lipinski definition) is 0. The molecule has 19 heavy (non-hydrogen) atoms. The smallest absolute Gasteiger partial charge is 0.0407 e. The molecule has 0 aromatic heterocycles. The predicted octanol–water partition coefficient (Wildman–Crippen LogP) is 4.88. The Morgan fingerprint density at radius 1 is 1.26 bits per heavy atom. The molecule has 1 fully saturated rings. The Bertz CT molecular complexity index is 492. The van der Waals surface area contributed by atoms with Crippen LogP contribution in [-0.2, 0) is 0 Å². The Balaban J connectivity index is 2.13. The fourth-order valence-corrected chi connectivity index (χ4v) is 4.86. The highest BCUT2D eigenvalue weighted by Gasteiger charge is 2.50. The molecule has 1 aliphatic heterocycles. The molecule has 1 nitrogen and oxygen atoms in total. The molecule has 1 saturated carbocycles. The van der Waals surface area contributed by atoms with E-state index >= 15 is 0 Å². The van der Waals surface area contributed by atoms with Gasteiger partial charge < -0.3 is 4.90 Å². The molecule has 0 aromatic rings. The fraction of sp³-hybridized carbons (Fsp3) is 0.667. The van der Waals surface area contributed by atoms with Gasteiger partial charge in [-0.2, -0.15) is 0 Å². The Morgan fingerprint density at radius 2 is 2.00 bits per heavy atom. The topological polar surface area (TPSA) is 3.24 Å². The Labute approximate surface area is 118 Å². The number of allylic oxidation sites excluding steroid dienone is 4. The van der Waals surface area contributed by atoms with Crippen LogP contribution in [0.4, 0.5) is 0 Å². The Hall–Kier alpha value is -0.980.